The van der Waals surface area contributed by atoms with E-state index in [0.29, 0.717) is 30.4 Å². The van der Waals surface area contributed by atoms with Crippen LogP contribution in [0.5, 0.6) is 11.5 Å². The molecule has 4 aromatic rings. The summed E-state index contributed by atoms with van der Waals surface area (Å²) in [6.45, 7) is 3.82. The van der Waals surface area contributed by atoms with Gasteiger partial charge in [0.2, 0.25) is 6.79 Å². The SMILES string of the molecule is [B]c1cnn2c(NCc3cccnc3)cc(C3CCCN(Cc4ccc5c(c4)OCO5)C3)nc12. The van der Waals surface area contributed by atoms with Gasteiger partial charge in [-0.15, -0.1) is 0 Å². The first-order chi connectivity index (χ1) is 16.7. The predicted octanol–water partition coefficient (Wildman–Crippen LogP) is 2.64. The van der Waals surface area contributed by atoms with Crippen molar-refractivity contribution in [3.05, 3.63) is 71.8 Å². The first-order valence-corrected chi connectivity index (χ1v) is 11.6. The minimum Gasteiger partial charge on any atom is -0.454 e. The highest BCUT2D eigenvalue weighted by atomic mass is 16.7. The van der Waals surface area contributed by atoms with E-state index in [1.807, 2.05) is 24.4 Å². The quantitative estimate of drug-likeness (QED) is 0.451. The van der Waals surface area contributed by atoms with Crippen molar-refractivity contribution in [1.29, 1.82) is 0 Å². The number of piperidine rings is 1. The zero-order valence-electron chi connectivity index (χ0n) is 18.9. The second-order valence-corrected chi connectivity index (χ2v) is 8.88. The van der Waals surface area contributed by atoms with Gasteiger partial charge in [-0.3, -0.25) is 9.88 Å². The van der Waals surface area contributed by atoms with Gasteiger partial charge in [0.15, 0.2) is 17.1 Å². The van der Waals surface area contributed by atoms with E-state index < -0.39 is 0 Å². The van der Waals surface area contributed by atoms with Crippen LogP contribution >= 0.6 is 0 Å². The maximum atomic E-state index is 6.21. The monoisotopic (exact) mass is 452 g/mol. The standard InChI is InChI=1S/C25H25BN6O2/c26-20-13-29-32-24(28-12-18-3-1-7-27-11-18)10-21(30-25(20)32)19-4-2-8-31(15-19)14-17-5-6-22-23(9-17)34-16-33-22/h1,3,5-7,9-11,13,19,28H,2,4,8,12,14-16H2. The molecular weight excluding hydrogens is 427 g/mol. The lowest BCUT2D eigenvalue weighted by Gasteiger charge is -2.32. The summed E-state index contributed by atoms with van der Waals surface area (Å²) in [5.41, 5.74) is 4.65. The number of hydrogen-bond donors (Lipinski definition) is 1. The first kappa shape index (κ1) is 21.0. The minimum absolute atomic E-state index is 0.299. The van der Waals surface area contributed by atoms with E-state index in [1.54, 1.807) is 16.9 Å². The molecule has 1 saturated heterocycles. The van der Waals surface area contributed by atoms with Crippen LogP contribution < -0.4 is 20.3 Å². The summed E-state index contributed by atoms with van der Waals surface area (Å²) in [5, 5.41) is 7.93. The molecule has 1 fully saturated rings. The molecule has 34 heavy (non-hydrogen) atoms. The van der Waals surface area contributed by atoms with Gasteiger partial charge in [0, 0.05) is 50.2 Å². The number of ether oxygens (including phenoxy) is 2. The fourth-order valence-corrected chi connectivity index (χ4v) is 4.77. The molecule has 0 spiro atoms. The zero-order chi connectivity index (χ0) is 22.9. The topological polar surface area (TPSA) is 76.8 Å². The molecule has 8 nitrogen and oxygen atoms in total. The number of aromatic nitrogens is 4. The maximum absolute atomic E-state index is 6.21. The van der Waals surface area contributed by atoms with Crippen molar-refractivity contribution < 1.29 is 9.47 Å². The van der Waals surface area contributed by atoms with Crippen LogP contribution in [0.15, 0.2) is 55.0 Å². The summed E-state index contributed by atoms with van der Waals surface area (Å²) >= 11 is 0. The molecule has 6 rings (SSSR count). The lowest BCUT2D eigenvalue weighted by atomic mass is 9.93. The van der Waals surface area contributed by atoms with Crippen molar-refractivity contribution in [1.82, 2.24) is 24.5 Å². The number of fused-ring (bicyclic) bond motifs is 2. The molecule has 3 aromatic heterocycles. The van der Waals surface area contributed by atoms with Gasteiger partial charge < -0.3 is 14.8 Å². The van der Waals surface area contributed by atoms with Gasteiger partial charge in [-0.1, -0.05) is 12.1 Å². The number of pyridine rings is 1. The number of hydrogen-bond acceptors (Lipinski definition) is 7. The normalized spacial score (nSPS) is 17.8. The molecule has 1 unspecified atom stereocenters. The minimum atomic E-state index is 0.299. The predicted molar refractivity (Wildman–Crippen MR) is 130 cm³/mol. The van der Waals surface area contributed by atoms with Gasteiger partial charge in [0.25, 0.3) is 0 Å². The molecule has 5 heterocycles. The van der Waals surface area contributed by atoms with Crippen LogP contribution in [0, 0.1) is 0 Å². The van der Waals surface area contributed by atoms with Crippen LogP contribution in [0.25, 0.3) is 5.65 Å². The fraction of sp³-hybridized carbons (Fsp3) is 0.320. The van der Waals surface area contributed by atoms with Crippen molar-refractivity contribution in [3.8, 4) is 11.5 Å². The first-order valence-electron chi connectivity index (χ1n) is 11.6. The maximum Gasteiger partial charge on any atom is 0.231 e. The molecule has 9 heteroatoms. The summed E-state index contributed by atoms with van der Waals surface area (Å²) in [4.78, 5) is 11.6. The summed E-state index contributed by atoms with van der Waals surface area (Å²) in [5.74, 6) is 2.86. The zero-order valence-corrected chi connectivity index (χ0v) is 18.9. The van der Waals surface area contributed by atoms with Gasteiger partial charge in [0.05, 0.1) is 5.69 Å². The van der Waals surface area contributed by atoms with Crippen LogP contribution in [-0.2, 0) is 13.1 Å². The highest BCUT2D eigenvalue weighted by Gasteiger charge is 2.25. The second-order valence-electron chi connectivity index (χ2n) is 8.88. The Morgan fingerprint density at radius 3 is 2.94 bits per heavy atom. The van der Waals surface area contributed by atoms with E-state index in [2.05, 4.69) is 38.5 Å². The number of anilines is 1. The Balaban J connectivity index is 1.22. The molecule has 0 saturated carbocycles. The van der Waals surface area contributed by atoms with E-state index >= 15 is 0 Å². The highest BCUT2D eigenvalue weighted by molar-refractivity contribution is 6.36. The molecule has 1 atom stereocenters. The summed E-state index contributed by atoms with van der Waals surface area (Å²) in [6.07, 6.45) is 7.51. The molecule has 0 bridgehead atoms. The van der Waals surface area contributed by atoms with Gasteiger partial charge in [0.1, 0.15) is 13.7 Å². The Morgan fingerprint density at radius 2 is 2.03 bits per heavy atom. The third-order valence-corrected chi connectivity index (χ3v) is 6.48. The Kier molecular flexibility index (Phi) is 5.54. The van der Waals surface area contributed by atoms with Gasteiger partial charge in [-0.25, -0.2) is 4.98 Å². The Labute approximate surface area is 199 Å². The summed E-state index contributed by atoms with van der Waals surface area (Å²) < 4.78 is 12.8. The lowest BCUT2D eigenvalue weighted by Crippen LogP contribution is -2.34. The molecule has 2 aliphatic rings. The Bertz CT molecular complexity index is 1310. The van der Waals surface area contributed by atoms with Gasteiger partial charge in [-0.05, 0) is 54.2 Å². The molecule has 170 valence electrons. The number of benzene rings is 1. The van der Waals surface area contributed by atoms with Crippen LogP contribution in [0.2, 0.25) is 0 Å². The summed E-state index contributed by atoms with van der Waals surface area (Å²) in [7, 11) is 6.21. The Morgan fingerprint density at radius 1 is 1.09 bits per heavy atom. The van der Waals surface area contributed by atoms with Gasteiger partial charge in [-0.2, -0.15) is 9.61 Å². The molecule has 0 aliphatic carbocycles. The number of nitrogens with zero attached hydrogens (tertiary/aromatic N) is 5. The van der Waals surface area contributed by atoms with Crippen LogP contribution in [0.4, 0.5) is 5.82 Å². The van der Waals surface area contributed by atoms with E-state index in [-0.39, 0.29) is 0 Å². The molecule has 1 aromatic carbocycles. The fourth-order valence-electron chi connectivity index (χ4n) is 4.77. The second kappa shape index (κ2) is 8.98. The molecule has 2 aliphatic heterocycles. The number of rotatable bonds is 6. The van der Waals surface area contributed by atoms with E-state index in [0.717, 1.165) is 61.1 Å². The number of nitrogens with one attached hydrogen (secondary N) is 1. The van der Waals surface area contributed by atoms with Crippen LogP contribution in [0.3, 0.4) is 0 Å². The molecule has 2 radical (unpaired) electrons. The Hall–Kier alpha value is -3.59. The van der Waals surface area contributed by atoms with E-state index in [9.17, 15) is 0 Å². The van der Waals surface area contributed by atoms with Crippen LogP contribution in [0.1, 0.15) is 35.6 Å². The van der Waals surface area contributed by atoms with Crippen molar-refractivity contribution in [2.75, 3.05) is 25.2 Å². The van der Waals surface area contributed by atoms with Crippen molar-refractivity contribution in [2.24, 2.45) is 0 Å². The third kappa shape index (κ3) is 4.19. The molecule has 0 amide bonds. The molecular formula is C25H25BN6O2. The third-order valence-electron chi connectivity index (χ3n) is 6.48. The molecule has 1 N–H and O–H groups in total. The number of likely N-dealkylation sites (tertiary alicyclic amines) is 1. The smallest absolute Gasteiger partial charge is 0.231 e. The van der Waals surface area contributed by atoms with E-state index in [1.165, 1.54) is 5.56 Å². The van der Waals surface area contributed by atoms with Crippen molar-refractivity contribution >= 4 is 24.8 Å². The van der Waals surface area contributed by atoms with Crippen molar-refractivity contribution in [3.63, 3.8) is 0 Å². The van der Waals surface area contributed by atoms with Gasteiger partial charge >= 0.3 is 0 Å². The highest BCUT2D eigenvalue weighted by Crippen LogP contribution is 2.34. The average molecular weight is 452 g/mol. The lowest BCUT2D eigenvalue weighted by molar-refractivity contribution is 0.173. The van der Waals surface area contributed by atoms with E-state index in [4.69, 9.17) is 22.3 Å². The average Bonchev–Trinajstić information content (AvgIpc) is 3.49. The summed E-state index contributed by atoms with van der Waals surface area (Å²) in [6, 6.07) is 12.3. The van der Waals surface area contributed by atoms with Crippen molar-refractivity contribution in [2.45, 2.75) is 31.8 Å². The van der Waals surface area contributed by atoms with Crippen LogP contribution in [-0.4, -0.2) is 52.2 Å². The largest absolute Gasteiger partial charge is 0.454 e.